The van der Waals surface area contributed by atoms with E-state index in [0.717, 1.165) is 0 Å². The third-order valence-corrected chi connectivity index (χ3v) is 3.13. The van der Waals surface area contributed by atoms with Crippen molar-refractivity contribution in [2.45, 2.75) is 31.6 Å². The molecule has 0 rings (SSSR count). The molecule has 4 nitrogen and oxygen atoms in total. The molecule has 16 heavy (non-hydrogen) atoms. The standard InChI is InChI=1S/C10H21Cl2NO3/c1-8(2-3-14)13(6-9(15)4-11)7-10(16)5-12/h8-10,14-16H,2-7H2,1H3. The van der Waals surface area contributed by atoms with Crippen molar-refractivity contribution < 1.29 is 15.3 Å². The number of hydrogen-bond donors (Lipinski definition) is 3. The van der Waals surface area contributed by atoms with Crippen LogP contribution in [0.2, 0.25) is 0 Å². The van der Waals surface area contributed by atoms with E-state index in [1.54, 1.807) is 0 Å². The molecule has 0 fully saturated rings. The number of nitrogens with zero attached hydrogens (tertiary/aromatic N) is 1. The fraction of sp³-hybridized carbons (Fsp3) is 1.00. The molecule has 3 unspecified atom stereocenters. The number of halogens is 2. The third-order valence-electron chi connectivity index (χ3n) is 2.42. The summed E-state index contributed by atoms with van der Waals surface area (Å²) in [7, 11) is 0. The highest BCUT2D eigenvalue weighted by Crippen LogP contribution is 2.07. The first kappa shape index (κ1) is 16.4. The average molecular weight is 274 g/mol. The number of rotatable bonds is 9. The largest absolute Gasteiger partial charge is 0.396 e. The van der Waals surface area contributed by atoms with E-state index < -0.39 is 12.2 Å². The van der Waals surface area contributed by atoms with E-state index in [2.05, 4.69) is 0 Å². The molecule has 6 heteroatoms. The summed E-state index contributed by atoms with van der Waals surface area (Å²) in [5.41, 5.74) is 0. The molecule has 0 amide bonds. The summed E-state index contributed by atoms with van der Waals surface area (Å²) in [4.78, 5) is 1.89. The van der Waals surface area contributed by atoms with E-state index in [0.29, 0.717) is 19.5 Å². The molecule has 0 aromatic rings. The van der Waals surface area contributed by atoms with Gasteiger partial charge in [-0.05, 0) is 13.3 Å². The number of hydrogen-bond acceptors (Lipinski definition) is 4. The molecule has 98 valence electrons. The fourth-order valence-corrected chi connectivity index (χ4v) is 1.64. The second-order valence-electron chi connectivity index (χ2n) is 3.93. The van der Waals surface area contributed by atoms with Gasteiger partial charge in [0.25, 0.3) is 0 Å². The van der Waals surface area contributed by atoms with Gasteiger partial charge < -0.3 is 15.3 Å². The van der Waals surface area contributed by atoms with Gasteiger partial charge >= 0.3 is 0 Å². The maximum Gasteiger partial charge on any atom is 0.0802 e. The Labute approximate surface area is 107 Å². The maximum atomic E-state index is 9.48. The second-order valence-corrected chi connectivity index (χ2v) is 4.55. The highest BCUT2D eigenvalue weighted by atomic mass is 35.5. The number of aliphatic hydroxyl groups excluding tert-OH is 3. The third kappa shape index (κ3) is 6.89. The average Bonchev–Trinajstić information content (AvgIpc) is 2.27. The first-order chi connectivity index (χ1) is 7.54. The topological polar surface area (TPSA) is 63.9 Å². The Bertz CT molecular complexity index is 162. The van der Waals surface area contributed by atoms with Crippen molar-refractivity contribution in [2.75, 3.05) is 31.5 Å². The fourth-order valence-electron chi connectivity index (χ4n) is 1.44. The van der Waals surface area contributed by atoms with Crippen molar-refractivity contribution in [1.29, 1.82) is 0 Å². The minimum Gasteiger partial charge on any atom is -0.396 e. The van der Waals surface area contributed by atoms with Gasteiger partial charge in [0.2, 0.25) is 0 Å². The van der Waals surface area contributed by atoms with E-state index in [4.69, 9.17) is 28.3 Å². The quantitative estimate of drug-likeness (QED) is 0.528. The van der Waals surface area contributed by atoms with Crippen LogP contribution in [0.15, 0.2) is 0 Å². The van der Waals surface area contributed by atoms with Crippen molar-refractivity contribution in [1.82, 2.24) is 4.90 Å². The zero-order valence-corrected chi connectivity index (χ0v) is 11.0. The Morgan fingerprint density at radius 1 is 1.06 bits per heavy atom. The van der Waals surface area contributed by atoms with E-state index in [-0.39, 0.29) is 24.4 Å². The molecule has 0 saturated heterocycles. The van der Waals surface area contributed by atoms with E-state index >= 15 is 0 Å². The van der Waals surface area contributed by atoms with Gasteiger partial charge in [-0.2, -0.15) is 0 Å². The van der Waals surface area contributed by atoms with Crippen LogP contribution < -0.4 is 0 Å². The van der Waals surface area contributed by atoms with Crippen LogP contribution in [0, 0.1) is 0 Å². The zero-order chi connectivity index (χ0) is 12.6. The van der Waals surface area contributed by atoms with Crippen molar-refractivity contribution in [2.24, 2.45) is 0 Å². The Morgan fingerprint density at radius 3 is 1.81 bits per heavy atom. The molecule has 0 spiro atoms. The second kappa shape index (κ2) is 9.45. The summed E-state index contributed by atoms with van der Waals surface area (Å²) in [5, 5.41) is 27.8. The van der Waals surface area contributed by atoms with Crippen LogP contribution in [0.3, 0.4) is 0 Å². The van der Waals surface area contributed by atoms with Crippen LogP contribution in [0.1, 0.15) is 13.3 Å². The van der Waals surface area contributed by atoms with Crippen LogP contribution in [-0.2, 0) is 0 Å². The molecule has 3 N–H and O–H groups in total. The lowest BCUT2D eigenvalue weighted by Gasteiger charge is -2.31. The predicted molar refractivity (Wildman–Crippen MR) is 66.2 cm³/mol. The van der Waals surface area contributed by atoms with Crippen molar-refractivity contribution in [3.8, 4) is 0 Å². The van der Waals surface area contributed by atoms with E-state index in [1.807, 2.05) is 11.8 Å². The van der Waals surface area contributed by atoms with Crippen LogP contribution in [0.25, 0.3) is 0 Å². The normalized spacial score (nSPS) is 17.4. The molecule has 0 aliphatic heterocycles. The molecule has 0 aliphatic carbocycles. The minimum absolute atomic E-state index is 0.0701. The molecule has 3 atom stereocenters. The van der Waals surface area contributed by atoms with Crippen molar-refractivity contribution in [3.05, 3.63) is 0 Å². The Balaban J connectivity index is 4.25. The van der Waals surface area contributed by atoms with Gasteiger partial charge in [-0.3, -0.25) is 4.90 Å². The SMILES string of the molecule is CC(CCO)N(CC(O)CCl)CC(O)CCl. The van der Waals surface area contributed by atoms with Gasteiger partial charge in [-0.1, -0.05) is 0 Å². The molecule has 0 saturated carbocycles. The lowest BCUT2D eigenvalue weighted by atomic mass is 10.1. The highest BCUT2D eigenvalue weighted by Gasteiger charge is 2.19. The lowest BCUT2D eigenvalue weighted by molar-refractivity contribution is 0.0560. The molecule has 0 aliphatic rings. The van der Waals surface area contributed by atoms with Gasteiger partial charge in [0.1, 0.15) is 0 Å². The molecule has 0 radical (unpaired) electrons. The smallest absolute Gasteiger partial charge is 0.0802 e. The summed E-state index contributed by atoms with van der Waals surface area (Å²) in [6.45, 7) is 2.75. The summed E-state index contributed by atoms with van der Waals surface area (Å²) in [5.74, 6) is 0.304. The molecule has 0 aromatic heterocycles. The van der Waals surface area contributed by atoms with Crippen LogP contribution >= 0.6 is 23.2 Å². The molecular formula is C10H21Cl2NO3. The first-order valence-corrected chi connectivity index (χ1v) is 6.45. The highest BCUT2D eigenvalue weighted by molar-refractivity contribution is 6.18. The zero-order valence-electron chi connectivity index (χ0n) is 9.52. The Kier molecular flexibility index (Phi) is 9.70. The van der Waals surface area contributed by atoms with Gasteiger partial charge in [0.15, 0.2) is 0 Å². The molecule has 0 aromatic carbocycles. The van der Waals surface area contributed by atoms with Gasteiger partial charge in [-0.15, -0.1) is 23.2 Å². The maximum absolute atomic E-state index is 9.48. The number of alkyl halides is 2. The van der Waals surface area contributed by atoms with Crippen molar-refractivity contribution >= 4 is 23.2 Å². The Hall–Kier alpha value is 0.420. The monoisotopic (exact) mass is 273 g/mol. The number of aliphatic hydroxyl groups is 3. The van der Waals surface area contributed by atoms with Crippen LogP contribution in [0.4, 0.5) is 0 Å². The van der Waals surface area contributed by atoms with Gasteiger partial charge in [-0.25, -0.2) is 0 Å². The Morgan fingerprint density at radius 2 is 1.50 bits per heavy atom. The van der Waals surface area contributed by atoms with Crippen molar-refractivity contribution in [3.63, 3.8) is 0 Å². The first-order valence-electron chi connectivity index (χ1n) is 5.38. The van der Waals surface area contributed by atoms with Gasteiger partial charge in [0, 0.05) is 37.5 Å². The summed E-state index contributed by atoms with van der Waals surface area (Å²) in [6.07, 6.45) is -0.681. The summed E-state index contributed by atoms with van der Waals surface area (Å²) >= 11 is 11.1. The molecule has 0 heterocycles. The van der Waals surface area contributed by atoms with Crippen LogP contribution in [0.5, 0.6) is 0 Å². The van der Waals surface area contributed by atoms with Gasteiger partial charge in [0.05, 0.1) is 12.2 Å². The lowest BCUT2D eigenvalue weighted by Crippen LogP contribution is -2.44. The van der Waals surface area contributed by atoms with E-state index in [9.17, 15) is 10.2 Å². The summed E-state index contributed by atoms with van der Waals surface area (Å²) < 4.78 is 0. The molecule has 0 bridgehead atoms. The summed E-state index contributed by atoms with van der Waals surface area (Å²) in [6, 6.07) is 0.0701. The minimum atomic E-state index is -0.634. The predicted octanol–water partition coefficient (Wildman–Crippen LogP) is 0.259. The van der Waals surface area contributed by atoms with E-state index in [1.165, 1.54) is 0 Å². The van der Waals surface area contributed by atoms with Crippen LogP contribution in [-0.4, -0.2) is 69.9 Å². The molecular weight excluding hydrogens is 253 g/mol.